The molecule has 0 heterocycles. The highest BCUT2D eigenvalue weighted by molar-refractivity contribution is 5.85. The smallest absolute Gasteiger partial charge is 0.139 e. The highest BCUT2D eigenvalue weighted by Crippen LogP contribution is 2.01. The van der Waals surface area contributed by atoms with Crippen LogP contribution >= 0.6 is 12.4 Å². The zero-order chi connectivity index (χ0) is 9.02. The molecule has 0 rings (SSSR count). The molecule has 12 heavy (non-hydrogen) atoms. The number of rotatable bonds is 4. The van der Waals surface area contributed by atoms with Crippen molar-refractivity contribution < 1.29 is 20.1 Å². The molecule has 74 valence electrons. The number of aldehydes is 1. The summed E-state index contributed by atoms with van der Waals surface area (Å²) in [5.41, 5.74) is 5.07. The normalized spacial score (nSPS) is 20.1. The minimum atomic E-state index is -1.41. The van der Waals surface area contributed by atoms with Gasteiger partial charge in [0, 0.05) is 0 Å². The van der Waals surface area contributed by atoms with Crippen molar-refractivity contribution in [1.29, 1.82) is 0 Å². The van der Waals surface area contributed by atoms with Crippen molar-refractivity contribution in [3.05, 3.63) is 0 Å². The number of hydrogen-bond donors (Lipinski definition) is 4. The van der Waals surface area contributed by atoms with Gasteiger partial charge in [0.25, 0.3) is 0 Å². The zero-order valence-corrected chi connectivity index (χ0v) is 7.44. The lowest BCUT2D eigenvalue weighted by Crippen LogP contribution is -2.48. The van der Waals surface area contributed by atoms with Crippen LogP contribution in [0, 0.1) is 0 Å². The Hall–Kier alpha value is -0.200. The highest BCUT2D eigenvalue weighted by atomic mass is 35.5. The van der Waals surface area contributed by atoms with E-state index in [-0.39, 0.29) is 12.4 Å². The van der Waals surface area contributed by atoms with Gasteiger partial charge in [0.15, 0.2) is 0 Å². The third kappa shape index (κ3) is 3.99. The van der Waals surface area contributed by atoms with Gasteiger partial charge < -0.3 is 25.8 Å². The lowest BCUT2D eigenvalue weighted by molar-refractivity contribution is -0.115. The monoisotopic (exact) mass is 199 g/mol. The van der Waals surface area contributed by atoms with Gasteiger partial charge in [0.2, 0.25) is 0 Å². The molecule has 0 unspecified atom stereocenters. The van der Waals surface area contributed by atoms with E-state index in [2.05, 4.69) is 0 Å². The second-order valence-electron chi connectivity index (χ2n) is 2.44. The molecule has 0 spiro atoms. The summed E-state index contributed by atoms with van der Waals surface area (Å²) >= 11 is 0. The van der Waals surface area contributed by atoms with Crippen molar-refractivity contribution in [3.8, 4) is 0 Å². The third-order valence-corrected chi connectivity index (χ3v) is 1.40. The molecule has 0 aromatic carbocycles. The van der Waals surface area contributed by atoms with E-state index in [1.54, 1.807) is 0 Å². The van der Waals surface area contributed by atoms with E-state index >= 15 is 0 Å². The summed E-state index contributed by atoms with van der Waals surface area (Å²) in [6, 6.07) is -1.15. The molecule has 6 heteroatoms. The Balaban J connectivity index is 0. The number of hydrogen-bond acceptors (Lipinski definition) is 5. The first-order valence-electron chi connectivity index (χ1n) is 3.25. The summed E-state index contributed by atoms with van der Waals surface area (Å²) in [6.45, 7) is 1.30. The molecule has 0 aliphatic heterocycles. The lowest BCUT2D eigenvalue weighted by Gasteiger charge is -2.21. The minimum absolute atomic E-state index is 0. The quantitative estimate of drug-likeness (QED) is 0.394. The van der Waals surface area contributed by atoms with Gasteiger partial charge in [-0.3, -0.25) is 0 Å². The molecule has 0 amide bonds. The van der Waals surface area contributed by atoms with E-state index in [9.17, 15) is 4.79 Å². The van der Waals surface area contributed by atoms with E-state index in [0.717, 1.165) is 0 Å². The molecule has 0 aromatic rings. The van der Waals surface area contributed by atoms with Gasteiger partial charge in [-0.1, -0.05) is 0 Å². The number of nitrogens with two attached hydrogens (primary N) is 1. The summed E-state index contributed by atoms with van der Waals surface area (Å²) in [7, 11) is 0. The Labute approximate surface area is 76.6 Å². The fourth-order valence-corrected chi connectivity index (χ4v) is 0.594. The summed E-state index contributed by atoms with van der Waals surface area (Å²) in [5, 5.41) is 26.7. The van der Waals surface area contributed by atoms with E-state index in [0.29, 0.717) is 6.29 Å². The fourth-order valence-electron chi connectivity index (χ4n) is 0.594. The molecular formula is C6H14ClNO4. The van der Waals surface area contributed by atoms with Gasteiger partial charge in [-0.2, -0.15) is 0 Å². The number of carbonyl (C=O) groups excluding carboxylic acids is 1. The van der Waals surface area contributed by atoms with E-state index in [1.165, 1.54) is 6.92 Å². The summed E-state index contributed by atoms with van der Waals surface area (Å²) < 4.78 is 0. The van der Waals surface area contributed by atoms with Crippen LogP contribution in [0.5, 0.6) is 0 Å². The molecule has 0 bridgehead atoms. The molecule has 0 saturated carbocycles. The summed E-state index contributed by atoms with van der Waals surface area (Å²) in [6.07, 6.45) is -3.57. The van der Waals surface area contributed by atoms with Crippen molar-refractivity contribution in [2.45, 2.75) is 31.3 Å². The zero-order valence-electron chi connectivity index (χ0n) is 6.62. The molecule has 0 aliphatic carbocycles. The van der Waals surface area contributed by atoms with E-state index in [1.807, 2.05) is 0 Å². The average molecular weight is 200 g/mol. The maximum absolute atomic E-state index is 10.00. The highest BCUT2D eigenvalue weighted by Gasteiger charge is 2.26. The van der Waals surface area contributed by atoms with Crippen molar-refractivity contribution in [2.75, 3.05) is 0 Å². The van der Waals surface area contributed by atoms with Crippen LogP contribution in [0.2, 0.25) is 0 Å². The SMILES string of the molecule is C[C@@H](O)[C@@H](O)[C@H](O)[C@@H](N)C=O.Cl. The third-order valence-electron chi connectivity index (χ3n) is 1.40. The molecule has 0 saturated heterocycles. The standard InChI is InChI=1S/C6H13NO4.ClH/c1-3(9)5(10)6(11)4(7)2-8;/h2-6,9-11H,7H2,1H3;1H/t3-,4+,5-,6-;/m1./s1. The van der Waals surface area contributed by atoms with Crippen molar-refractivity contribution >= 4 is 18.7 Å². The molecule has 0 radical (unpaired) electrons. The van der Waals surface area contributed by atoms with Crippen LogP contribution in [0.1, 0.15) is 6.92 Å². The molecule has 5 N–H and O–H groups in total. The summed E-state index contributed by atoms with van der Waals surface area (Å²) in [5.74, 6) is 0. The lowest BCUT2D eigenvalue weighted by atomic mass is 10.0. The van der Waals surface area contributed by atoms with Crippen LogP contribution in [0.4, 0.5) is 0 Å². The van der Waals surface area contributed by atoms with Crippen LogP contribution in [0.25, 0.3) is 0 Å². The second-order valence-corrected chi connectivity index (χ2v) is 2.44. The molecule has 0 fully saturated rings. The van der Waals surface area contributed by atoms with Gasteiger partial charge in [0.1, 0.15) is 18.5 Å². The Morgan fingerprint density at radius 2 is 1.67 bits per heavy atom. The van der Waals surface area contributed by atoms with Crippen LogP contribution < -0.4 is 5.73 Å². The van der Waals surface area contributed by atoms with E-state index in [4.69, 9.17) is 21.1 Å². The van der Waals surface area contributed by atoms with Gasteiger partial charge in [-0.15, -0.1) is 12.4 Å². The molecule has 4 atom stereocenters. The Kier molecular flexibility index (Phi) is 7.56. The number of aliphatic hydroxyl groups excluding tert-OH is 3. The van der Waals surface area contributed by atoms with E-state index < -0.39 is 24.4 Å². The van der Waals surface area contributed by atoms with Crippen LogP contribution in [0.15, 0.2) is 0 Å². The largest absolute Gasteiger partial charge is 0.391 e. The van der Waals surface area contributed by atoms with Crippen molar-refractivity contribution in [1.82, 2.24) is 0 Å². The average Bonchev–Trinajstić information content (AvgIpc) is 2.00. The van der Waals surface area contributed by atoms with Crippen LogP contribution in [0.3, 0.4) is 0 Å². The Morgan fingerprint density at radius 1 is 1.25 bits per heavy atom. The number of halogens is 1. The van der Waals surface area contributed by atoms with Crippen molar-refractivity contribution in [2.24, 2.45) is 5.73 Å². The predicted octanol–water partition coefficient (Wildman–Crippen LogP) is -1.96. The summed E-state index contributed by atoms with van der Waals surface area (Å²) in [4.78, 5) is 10.00. The first-order valence-corrected chi connectivity index (χ1v) is 3.25. The maximum Gasteiger partial charge on any atom is 0.139 e. The van der Waals surface area contributed by atoms with Gasteiger partial charge in [-0.05, 0) is 6.92 Å². The first-order chi connectivity index (χ1) is 5.00. The van der Waals surface area contributed by atoms with Gasteiger partial charge in [-0.25, -0.2) is 0 Å². The maximum atomic E-state index is 10.00. The van der Waals surface area contributed by atoms with Crippen molar-refractivity contribution in [3.63, 3.8) is 0 Å². The van der Waals surface area contributed by atoms with Crippen LogP contribution in [-0.2, 0) is 4.79 Å². The Morgan fingerprint density at radius 3 is 1.92 bits per heavy atom. The topological polar surface area (TPSA) is 104 Å². The minimum Gasteiger partial charge on any atom is -0.391 e. The molecular weight excluding hydrogens is 186 g/mol. The van der Waals surface area contributed by atoms with Crippen LogP contribution in [-0.4, -0.2) is 46.0 Å². The Bertz CT molecular complexity index is 133. The number of carbonyl (C=O) groups is 1. The fraction of sp³-hybridized carbons (Fsp3) is 0.833. The first kappa shape index (κ1) is 14.3. The van der Waals surface area contributed by atoms with Gasteiger partial charge >= 0.3 is 0 Å². The second kappa shape index (κ2) is 6.33. The number of aliphatic hydroxyl groups is 3. The molecule has 5 nitrogen and oxygen atoms in total. The van der Waals surface area contributed by atoms with Gasteiger partial charge in [0.05, 0.1) is 12.1 Å². The predicted molar refractivity (Wildman–Crippen MR) is 45.0 cm³/mol. The molecule has 0 aromatic heterocycles. The molecule has 0 aliphatic rings.